The van der Waals surface area contributed by atoms with Gasteiger partial charge < -0.3 is 9.80 Å². The first-order chi connectivity index (χ1) is 13.3. The molecule has 0 spiro atoms. The molecular formula is C22H34N4O2. The van der Waals surface area contributed by atoms with Crippen molar-refractivity contribution in [3.8, 4) is 0 Å². The summed E-state index contributed by atoms with van der Waals surface area (Å²) in [5, 5.41) is 0. The molecule has 0 bridgehead atoms. The molecule has 2 amide bonds. The number of nitrogens with zero attached hydrogens (tertiary/aromatic N) is 4. The van der Waals surface area contributed by atoms with E-state index >= 15 is 0 Å². The molecule has 154 valence electrons. The smallest absolute Gasteiger partial charge is 0.239 e. The van der Waals surface area contributed by atoms with Gasteiger partial charge >= 0.3 is 0 Å². The maximum absolute atomic E-state index is 13.0. The lowest BCUT2D eigenvalue weighted by atomic mass is 9.96. The Kier molecular flexibility index (Phi) is 6.40. The number of hydrogen-bond acceptors (Lipinski definition) is 4. The largest absolute Gasteiger partial charge is 0.339 e. The van der Waals surface area contributed by atoms with Gasteiger partial charge in [0, 0.05) is 64.8 Å². The van der Waals surface area contributed by atoms with Crippen molar-refractivity contribution in [2.75, 3.05) is 45.8 Å². The predicted molar refractivity (Wildman–Crippen MR) is 111 cm³/mol. The van der Waals surface area contributed by atoms with E-state index in [2.05, 4.69) is 54.0 Å². The van der Waals surface area contributed by atoms with Crippen LogP contribution in [0.3, 0.4) is 0 Å². The van der Waals surface area contributed by atoms with E-state index in [9.17, 15) is 9.59 Å². The fourth-order valence-corrected chi connectivity index (χ4v) is 4.32. The second-order valence-corrected chi connectivity index (χ2v) is 8.70. The third-order valence-corrected chi connectivity index (χ3v) is 6.26. The van der Waals surface area contributed by atoms with E-state index in [-0.39, 0.29) is 23.4 Å². The zero-order valence-corrected chi connectivity index (χ0v) is 17.7. The molecule has 1 unspecified atom stereocenters. The molecule has 0 radical (unpaired) electrons. The van der Waals surface area contributed by atoms with Gasteiger partial charge in [-0.1, -0.05) is 30.3 Å². The third-order valence-electron chi connectivity index (χ3n) is 6.26. The van der Waals surface area contributed by atoms with Gasteiger partial charge in [0.15, 0.2) is 0 Å². The molecule has 2 aliphatic heterocycles. The average Bonchev–Trinajstić information content (AvgIpc) is 2.69. The number of hydrogen-bond donors (Lipinski definition) is 0. The number of carbonyl (C=O) groups is 2. The molecule has 2 fully saturated rings. The second-order valence-electron chi connectivity index (χ2n) is 8.70. The Bertz CT molecular complexity index is 683. The highest BCUT2D eigenvalue weighted by molar-refractivity contribution is 5.82. The molecule has 2 saturated heterocycles. The summed E-state index contributed by atoms with van der Waals surface area (Å²) >= 11 is 0. The number of piperazine rings is 2. The van der Waals surface area contributed by atoms with Gasteiger partial charge in [0.25, 0.3) is 0 Å². The molecule has 0 saturated carbocycles. The van der Waals surface area contributed by atoms with E-state index in [4.69, 9.17) is 0 Å². The molecule has 0 N–H and O–H groups in total. The monoisotopic (exact) mass is 386 g/mol. The first kappa shape index (κ1) is 20.8. The van der Waals surface area contributed by atoms with Crippen molar-refractivity contribution in [3.63, 3.8) is 0 Å². The molecule has 1 atom stereocenters. The summed E-state index contributed by atoms with van der Waals surface area (Å²) in [5.41, 5.74) is 1.34. The Labute approximate surface area is 169 Å². The number of rotatable bonds is 4. The van der Waals surface area contributed by atoms with Crippen LogP contribution < -0.4 is 0 Å². The highest BCUT2D eigenvalue weighted by Crippen LogP contribution is 2.25. The normalized spacial score (nSPS) is 22.1. The molecular weight excluding hydrogens is 352 g/mol. The lowest BCUT2D eigenvalue weighted by Crippen LogP contribution is -2.63. The van der Waals surface area contributed by atoms with Gasteiger partial charge in [-0.25, -0.2) is 0 Å². The van der Waals surface area contributed by atoms with Crippen LogP contribution in [0.25, 0.3) is 0 Å². The fraction of sp³-hybridized carbons (Fsp3) is 0.636. The van der Waals surface area contributed by atoms with Crippen molar-refractivity contribution in [1.29, 1.82) is 0 Å². The zero-order valence-electron chi connectivity index (χ0n) is 17.7. The van der Waals surface area contributed by atoms with E-state index < -0.39 is 0 Å². The molecule has 2 aliphatic rings. The molecule has 6 heteroatoms. The van der Waals surface area contributed by atoms with Crippen LogP contribution in [0.5, 0.6) is 0 Å². The first-order valence-electron chi connectivity index (χ1n) is 10.4. The second kappa shape index (κ2) is 8.62. The Balaban J connectivity index is 1.56. The Morgan fingerprint density at radius 2 is 1.57 bits per heavy atom. The quantitative estimate of drug-likeness (QED) is 0.790. The summed E-state index contributed by atoms with van der Waals surface area (Å²) in [6.45, 7) is 14.4. The molecule has 3 rings (SSSR count). The summed E-state index contributed by atoms with van der Waals surface area (Å²) in [5.74, 6) is 0.284. The van der Waals surface area contributed by atoms with Crippen molar-refractivity contribution in [1.82, 2.24) is 19.6 Å². The minimum absolute atomic E-state index is 0.00988. The summed E-state index contributed by atoms with van der Waals surface area (Å²) in [6.07, 6.45) is 0. The summed E-state index contributed by atoms with van der Waals surface area (Å²) < 4.78 is 0. The molecule has 28 heavy (non-hydrogen) atoms. The summed E-state index contributed by atoms with van der Waals surface area (Å²) in [6, 6.07) is 10.5. The van der Waals surface area contributed by atoms with Gasteiger partial charge in [-0.3, -0.25) is 19.4 Å². The SMILES string of the molecule is CC(=O)N1CCN(C(=O)C(C)N2CCN(Cc3ccccc3)C(C)(C)C2)CC1. The van der Waals surface area contributed by atoms with E-state index in [1.54, 1.807) is 6.92 Å². The first-order valence-corrected chi connectivity index (χ1v) is 10.4. The van der Waals surface area contributed by atoms with Crippen LogP contribution in [-0.2, 0) is 16.1 Å². The predicted octanol–water partition coefficient (Wildman–Crippen LogP) is 1.66. The van der Waals surface area contributed by atoms with Crippen LogP contribution in [0.15, 0.2) is 30.3 Å². The van der Waals surface area contributed by atoms with Gasteiger partial charge in [-0.15, -0.1) is 0 Å². The van der Waals surface area contributed by atoms with Crippen LogP contribution in [0.4, 0.5) is 0 Å². The number of amides is 2. The molecule has 2 heterocycles. The Morgan fingerprint density at radius 1 is 0.964 bits per heavy atom. The average molecular weight is 387 g/mol. The Morgan fingerprint density at radius 3 is 2.14 bits per heavy atom. The maximum Gasteiger partial charge on any atom is 0.239 e. The van der Waals surface area contributed by atoms with Crippen LogP contribution in [0.2, 0.25) is 0 Å². The minimum Gasteiger partial charge on any atom is -0.339 e. The van der Waals surface area contributed by atoms with Gasteiger partial charge in [0.05, 0.1) is 6.04 Å². The maximum atomic E-state index is 13.0. The molecule has 0 aromatic heterocycles. The summed E-state index contributed by atoms with van der Waals surface area (Å²) in [7, 11) is 0. The molecule has 1 aromatic carbocycles. The topological polar surface area (TPSA) is 47.1 Å². The van der Waals surface area contributed by atoms with Crippen LogP contribution in [0, 0.1) is 0 Å². The van der Waals surface area contributed by atoms with Crippen molar-refractivity contribution in [2.45, 2.75) is 45.8 Å². The number of carbonyl (C=O) groups excluding carboxylic acids is 2. The lowest BCUT2D eigenvalue weighted by Gasteiger charge is -2.49. The van der Waals surface area contributed by atoms with E-state index in [1.807, 2.05) is 16.7 Å². The Hall–Kier alpha value is -1.92. The third kappa shape index (κ3) is 4.73. The zero-order chi connectivity index (χ0) is 20.3. The van der Waals surface area contributed by atoms with Crippen LogP contribution in [-0.4, -0.2) is 88.8 Å². The highest BCUT2D eigenvalue weighted by atomic mass is 16.2. The van der Waals surface area contributed by atoms with E-state index in [0.717, 1.165) is 26.2 Å². The van der Waals surface area contributed by atoms with Gasteiger partial charge in [-0.05, 0) is 26.3 Å². The van der Waals surface area contributed by atoms with Crippen LogP contribution in [0.1, 0.15) is 33.3 Å². The number of benzene rings is 1. The minimum atomic E-state index is -0.123. The molecule has 6 nitrogen and oxygen atoms in total. The van der Waals surface area contributed by atoms with Gasteiger partial charge in [0.2, 0.25) is 11.8 Å². The van der Waals surface area contributed by atoms with Crippen molar-refractivity contribution in [2.24, 2.45) is 0 Å². The van der Waals surface area contributed by atoms with Crippen molar-refractivity contribution < 1.29 is 9.59 Å². The van der Waals surface area contributed by atoms with E-state index in [1.165, 1.54) is 5.56 Å². The highest BCUT2D eigenvalue weighted by Gasteiger charge is 2.38. The van der Waals surface area contributed by atoms with E-state index in [0.29, 0.717) is 26.2 Å². The molecule has 1 aromatic rings. The fourth-order valence-electron chi connectivity index (χ4n) is 4.32. The van der Waals surface area contributed by atoms with Crippen molar-refractivity contribution in [3.05, 3.63) is 35.9 Å². The summed E-state index contributed by atoms with van der Waals surface area (Å²) in [4.78, 5) is 33.1. The van der Waals surface area contributed by atoms with Gasteiger partial charge in [0.1, 0.15) is 0 Å². The molecule has 0 aliphatic carbocycles. The van der Waals surface area contributed by atoms with Crippen LogP contribution >= 0.6 is 0 Å². The lowest BCUT2D eigenvalue weighted by molar-refractivity contribution is -0.143. The van der Waals surface area contributed by atoms with Gasteiger partial charge in [-0.2, -0.15) is 0 Å². The van der Waals surface area contributed by atoms with Crippen molar-refractivity contribution >= 4 is 11.8 Å². The standard InChI is InChI=1S/C22H34N4O2/c1-18(21(28)24-12-10-23(11-13-24)19(2)27)25-14-15-26(22(3,4)17-25)16-20-8-6-5-7-9-20/h5-9,18H,10-17H2,1-4H3.